The summed E-state index contributed by atoms with van der Waals surface area (Å²) in [5.74, 6) is 0. The zero-order valence-electron chi connectivity index (χ0n) is 11.2. The second-order valence-corrected chi connectivity index (χ2v) is 4.21. The molecule has 0 aromatic rings. The summed E-state index contributed by atoms with van der Waals surface area (Å²) < 4.78 is 5.28. The Labute approximate surface area is 95.2 Å². The van der Waals surface area contributed by atoms with Crippen LogP contribution in [0, 0.1) is 0 Å². The highest BCUT2D eigenvalue weighted by Crippen LogP contribution is 2.00. The van der Waals surface area contributed by atoms with Crippen LogP contribution in [-0.4, -0.2) is 49.8 Å². The largest absolute Gasteiger partial charge is 0.380 e. The lowest BCUT2D eigenvalue weighted by Gasteiger charge is -2.29. The molecule has 0 rings (SSSR count). The Balaban J connectivity index is 3.83. The fourth-order valence-corrected chi connectivity index (χ4v) is 1.70. The first kappa shape index (κ1) is 14.9. The Morgan fingerprint density at radius 1 is 1.13 bits per heavy atom. The van der Waals surface area contributed by atoms with Gasteiger partial charge in [-0.2, -0.15) is 0 Å². The molecule has 3 unspecified atom stereocenters. The molecule has 3 heteroatoms. The third-order valence-corrected chi connectivity index (χ3v) is 3.25. The molecule has 0 aliphatic carbocycles. The molecule has 92 valence electrons. The summed E-state index contributed by atoms with van der Waals surface area (Å²) >= 11 is 0. The standard InChI is InChI=1S/C12H28N2O/c1-7-14(8-2)10(3)9-13-11(4)12(5)15-6/h10-13H,7-9H2,1-6H3. The minimum Gasteiger partial charge on any atom is -0.380 e. The lowest BCUT2D eigenvalue weighted by molar-refractivity contribution is 0.0852. The monoisotopic (exact) mass is 216 g/mol. The molecule has 0 saturated heterocycles. The maximum atomic E-state index is 5.28. The van der Waals surface area contributed by atoms with Crippen molar-refractivity contribution in [2.24, 2.45) is 0 Å². The van der Waals surface area contributed by atoms with Crippen LogP contribution in [0.1, 0.15) is 34.6 Å². The van der Waals surface area contributed by atoms with Crippen molar-refractivity contribution < 1.29 is 4.74 Å². The SMILES string of the molecule is CCN(CC)C(C)CNC(C)C(C)OC. The van der Waals surface area contributed by atoms with Crippen molar-refractivity contribution >= 4 is 0 Å². The molecule has 0 aliphatic heterocycles. The van der Waals surface area contributed by atoms with E-state index in [1.165, 1.54) is 0 Å². The van der Waals surface area contributed by atoms with Crippen LogP contribution in [0.2, 0.25) is 0 Å². The van der Waals surface area contributed by atoms with Gasteiger partial charge < -0.3 is 10.1 Å². The molecule has 3 atom stereocenters. The van der Waals surface area contributed by atoms with Crippen LogP contribution in [0.25, 0.3) is 0 Å². The molecule has 3 nitrogen and oxygen atoms in total. The second-order valence-electron chi connectivity index (χ2n) is 4.21. The van der Waals surface area contributed by atoms with E-state index in [-0.39, 0.29) is 6.10 Å². The number of hydrogen-bond acceptors (Lipinski definition) is 3. The average Bonchev–Trinajstić information content (AvgIpc) is 2.26. The zero-order chi connectivity index (χ0) is 11.8. The fraction of sp³-hybridized carbons (Fsp3) is 1.00. The highest BCUT2D eigenvalue weighted by Gasteiger charge is 2.14. The number of likely N-dealkylation sites (N-methyl/N-ethyl adjacent to an activating group) is 1. The number of rotatable bonds is 8. The van der Waals surface area contributed by atoms with Gasteiger partial charge in [0.05, 0.1) is 6.10 Å². The van der Waals surface area contributed by atoms with Crippen LogP contribution < -0.4 is 5.32 Å². The van der Waals surface area contributed by atoms with Gasteiger partial charge in [-0.25, -0.2) is 0 Å². The molecule has 0 saturated carbocycles. The number of methoxy groups -OCH3 is 1. The maximum absolute atomic E-state index is 5.28. The minimum absolute atomic E-state index is 0.272. The molecule has 15 heavy (non-hydrogen) atoms. The van der Waals surface area contributed by atoms with Crippen LogP contribution in [0.5, 0.6) is 0 Å². The third kappa shape index (κ3) is 5.50. The van der Waals surface area contributed by atoms with Crippen molar-refractivity contribution in [3.63, 3.8) is 0 Å². The van der Waals surface area contributed by atoms with Crippen LogP contribution in [0.4, 0.5) is 0 Å². The van der Waals surface area contributed by atoms with Gasteiger partial charge in [-0.05, 0) is 33.9 Å². The number of ether oxygens (including phenoxy) is 1. The Kier molecular flexibility index (Phi) is 8.02. The topological polar surface area (TPSA) is 24.5 Å². The van der Waals surface area contributed by atoms with Crippen molar-refractivity contribution in [2.75, 3.05) is 26.7 Å². The summed E-state index contributed by atoms with van der Waals surface area (Å²) in [5.41, 5.74) is 0. The van der Waals surface area contributed by atoms with Gasteiger partial charge in [-0.1, -0.05) is 13.8 Å². The Morgan fingerprint density at radius 2 is 1.67 bits per heavy atom. The molecule has 1 N–H and O–H groups in total. The van der Waals surface area contributed by atoms with E-state index in [0.717, 1.165) is 19.6 Å². The van der Waals surface area contributed by atoms with Crippen molar-refractivity contribution in [3.05, 3.63) is 0 Å². The minimum atomic E-state index is 0.272. The van der Waals surface area contributed by atoms with Crippen molar-refractivity contribution in [3.8, 4) is 0 Å². The first-order valence-electron chi connectivity index (χ1n) is 6.06. The summed E-state index contributed by atoms with van der Waals surface area (Å²) in [6, 6.07) is 1.000. The third-order valence-electron chi connectivity index (χ3n) is 3.25. The zero-order valence-corrected chi connectivity index (χ0v) is 11.2. The molecule has 0 aromatic heterocycles. The summed E-state index contributed by atoms with van der Waals surface area (Å²) in [6.07, 6.45) is 0.272. The van der Waals surface area contributed by atoms with E-state index in [4.69, 9.17) is 4.74 Å². The van der Waals surface area contributed by atoms with E-state index >= 15 is 0 Å². The van der Waals surface area contributed by atoms with Crippen LogP contribution in [0.15, 0.2) is 0 Å². The summed E-state index contributed by atoms with van der Waals surface area (Å²) in [7, 11) is 1.76. The van der Waals surface area contributed by atoms with E-state index in [1.54, 1.807) is 7.11 Å². The molecule has 0 heterocycles. The van der Waals surface area contributed by atoms with Crippen LogP contribution >= 0.6 is 0 Å². The number of hydrogen-bond donors (Lipinski definition) is 1. The van der Waals surface area contributed by atoms with Crippen LogP contribution in [-0.2, 0) is 4.74 Å². The molecule has 0 bridgehead atoms. The highest BCUT2D eigenvalue weighted by molar-refractivity contribution is 4.73. The first-order chi connectivity index (χ1) is 7.06. The highest BCUT2D eigenvalue weighted by atomic mass is 16.5. The average molecular weight is 216 g/mol. The molecule has 0 aliphatic rings. The predicted octanol–water partition coefficient (Wildman–Crippen LogP) is 1.73. The molecular weight excluding hydrogens is 188 g/mol. The van der Waals surface area contributed by atoms with E-state index in [0.29, 0.717) is 12.1 Å². The van der Waals surface area contributed by atoms with Gasteiger partial charge in [-0.3, -0.25) is 4.90 Å². The van der Waals surface area contributed by atoms with E-state index in [9.17, 15) is 0 Å². The van der Waals surface area contributed by atoms with E-state index in [2.05, 4.69) is 44.8 Å². The van der Waals surface area contributed by atoms with Crippen molar-refractivity contribution in [1.82, 2.24) is 10.2 Å². The van der Waals surface area contributed by atoms with Gasteiger partial charge in [0.25, 0.3) is 0 Å². The van der Waals surface area contributed by atoms with Crippen LogP contribution in [0.3, 0.4) is 0 Å². The maximum Gasteiger partial charge on any atom is 0.0693 e. The smallest absolute Gasteiger partial charge is 0.0693 e. The molecular formula is C12H28N2O. The molecule has 0 aromatic carbocycles. The van der Waals surface area contributed by atoms with Gasteiger partial charge in [0, 0.05) is 25.7 Å². The second kappa shape index (κ2) is 8.08. The quantitative estimate of drug-likeness (QED) is 0.669. The Bertz CT molecular complexity index is 149. The normalized spacial score (nSPS) is 17.8. The molecule has 0 amide bonds. The van der Waals surface area contributed by atoms with Gasteiger partial charge in [-0.15, -0.1) is 0 Å². The van der Waals surface area contributed by atoms with Gasteiger partial charge in [0.1, 0.15) is 0 Å². The Morgan fingerprint density at radius 3 is 2.07 bits per heavy atom. The van der Waals surface area contributed by atoms with Crippen molar-refractivity contribution in [1.29, 1.82) is 0 Å². The summed E-state index contributed by atoms with van der Waals surface area (Å²) in [4.78, 5) is 2.46. The Hall–Kier alpha value is -0.120. The molecule has 0 radical (unpaired) electrons. The molecule has 0 spiro atoms. The summed E-state index contributed by atoms with van der Waals surface area (Å²) in [6.45, 7) is 14.2. The lowest BCUT2D eigenvalue weighted by atomic mass is 10.2. The fourth-order valence-electron chi connectivity index (χ4n) is 1.70. The summed E-state index contributed by atoms with van der Waals surface area (Å²) in [5, 5.41) is 3.52. The molecule has 0 fully saturated rings. The lowest BCUT2D eigenvalue weighted by Crippen LogP contribution is -2.45. The number of nitrogens with zero attached hydrogens (tertiary/aromatic N) is 1. The number of nitrogens with one attached hydrogen (secondary N) is 1. The van der Waals surface area contributed by atoms with E-state index in [1.807, 2.05) is 0 Å². The predicted molar refractivity (Wildman–Crippen MR) is 66.3 cm³/mol. The van der Waals surface area contributed by atoms with Gasteiger partial charge >= 0.3 is 0 Å². The first-order valence-corrected chi connectivity index (χ1v) is 6.06. The van der Waals surface area contributed by atoms with Gasteiger partial charge in [0.2, 0.25) is 0 Å². The van der Waals surface area contributed by atoms with Crippen molar-refractivity contribution in [2.45, 2.75) is 52.8 Å². The van der Waals surface area contributed by atoms with E-state index < -0.39 is 0 Å². The van der Waals surface area contributed by atoms with Gasteiger partial charge in [0.15, 0.2) is 0 Å².